The number of hydrogen-bond donors (Lipinski definition) is 2. The van der Waals surface area contributed by atoms with Crippen molar-refractivity contribution in [2.75, 3.05) is 25.1 Å². The van der Waals surface area contributed by atoms with Crippen molar-refractivity contribution in [2.24, 2.45) is 11.1 Å². The molecule has 92 valence electrons. The molecule has 1 aromatic rings. The first-order chi connectivity index (χ1) is 8.02. The molecule has 3 N–H and O–H groups in total. The molecule has 0 radical (unpaired) electrons. The zero-order chi connectivity index (χ0) is 12.5. The fourth-order valence-electron chi connectivity index (χ4n) is 1.96. The Labute approximate surface area is 101 Å². The van der Waals surface area contributed by atoms with Gasteiger partial charge in [-0.15, -0.1) is 0 Å². The van der Waals surface area contributed by atoms with Crippen LogP contribution in [0.25, 0.3) is 0 Å². The van der Waals surface area contributed by atoms with Crippen LogP contribution in [-0.4, -0.2) is 25.7 Å². The molecule has 17 heavy (non-hydrogen) atoms. The van der Waals surface area contributed by atoms with Gasteiger partial charge in [0.1, 0.15) is 0 Å². The fourth-order valence-corrected chi connectivity index (χ4v) is 1.96. The van der Waals surface area contributed by atoms with Gasteiger partial charge in [0.25, 0.3) is 0 Å². The lowest BCUT2D eigenvalue weighted by Gasteiger charge is -2.38. The molecule has 0 saturated carbocycles. The molecule has 0 aliphatic carbocycles. The maximum atomic E-state index is 11.2. The van der Waals surface area contributed by atoms with Crippen molar-refractivity contribution in [3.8, 4) is 0 Å². The van der Waals surface area contributed by atoms with E-state index in [9.17, 15) is 4.79 Å². The Balaban J connectivity index is 2.10. The van der Waals surface area contributed by atoms with E-state index in [1.54, 1.807) is 6.07 Å². The highest BCUT2D eigenvalue weighted by Crippen LogP contribution is 2.28. The lowest BCUT2D eigenvalue weighted by atomic mass is 9.88. The molecule has 4 heteroatoms. The van der Waals surface area contributed by atoms with Gasteiger partial charge >= 0.3 is 0 Å². The summed E-state index contributed by atoms with van der Waals surface area (Å²) in [5.41, 5.74) is 7.97. The van der Waals surface area contributed by atoms with Crippen LogP contribution < -0.4 is 11.1 Å². The fraction of sp³-hybridized carbons (Fsp3) is 0.462. The quantitative estimate of drug-likeness (QED) is 0.830. The monoisotopic (exact) mass is 234 g/mol. The Morgan fingerprint density at radius 1 is 1.53 bits per heavy atom. The van der Waals surface area contributed by atoms with Crippen LogP contribution in [0.3, 0.4) is 0 Å². The first-order valence-corrected chi connectivity index (χ1v) is 5.73. The Kier molecular flexibility index (Phi) is 3.07. The van der Waals surface area contributed by atoms with Gasteiger partial charge in [0.2, 0.25) is 5.91 Å². The third kappa shape index (κ3) is 2.42. The molecule has 0 aromatic heterocycles. The van der Waals surface area contributed by atoms with Crippen molar-refractivity contribution in [3.05, 3.63) is 29.3 Å². The van der Waals surface area contributed by atoms with E-state index in [1.165, 1.54) is 0 Å². The van der Waals surface area contributed by atoms with E-state index in [4.69, 9.17) is 10.5 Å². The van der Waals surface area contributed by atoms with E-state index in [2.05, 4.69) is 12.2 Å². The molecule has 0 unspecified atom stereocenters. The van der Waals surface area contributed by atoms with E-state index in [0.29, 0.717) is 5.56 Å². The Morgan fingerprint density at radius 2 is 2.24 bits per heavy atom. The average molecular weight is 234 g/mol. The standard InChI is InChI=1S/C13H18N2O2/c1-9-10(12(14)16)4-3-5-11(9)15-6-13(2)7-17-8-13/h3-5,15H,6-8H2,1-2H3,(H2,14,16). The van der Waals surface area contributed by atoms with Crippen molar-refractivity contribution < 1.29 is 9.53 Å². The molecule has 1 fully saturated rings. The zero-order valence-corrected chi connectivity index (χ0v) is 10.2. The van der Waals surface area contributed by atoms with Crippen molar-refractivity contribution in [3.63, 3.8) is 0 Å². The number of anilines is 1. The molecule has 0 bridgehead atoms. The Hall–Kier alpha value is -1.55. The molecule has 1 aliphatic heterocycles. The Bertz CT molecular complexity index is 439. The number of primary amides is 1. The van der Waals surface area contributed by atoms with E-state index in [1.807, 2.05) is 19.1 Å². The van der Waals surface area contributed by atoms with Crippen molar-refractivity contribution in [1.29, 1.82) is 0 Å². The molecular formula is C13H18N2O2. The summed E-state index contributed by atoms with van der Waals surface area (Å²) in [5.74, 6) is -0.385. The third-order valence-electron chi connectivity index (χ3n) is 3.21. The second-order valence-electron chi connectivity index (χ2n) is 5.00. The summed E-state index contributed by atoms with van der Waals surface area (Å²) in [6.45, 7) is 6.50. The lowest BCUT2D eigenvalue weighted by molar-refractivity contribution is -0.0924. The summed E-state index contributed by atoms with van der Waals surface area (Å²) in [7, 11) is 0. The normalized spacial score (nSPS) is 17.3. The number of hydrogen-bond acceptors (Lipinski definition) is 3. The van der Waals surface area contributed by atoms with Gasteiger partial charge in [0.15, 0.2) is 0 Å². The van der Waals surface area contributed by atoms with Crippen LogP contribution in [0.4, 0.5) is 5.69 Å². The maximum absolute atomic E-state index is 11.2. The van der Waals surface area contributed by atoms with Crippen LogP contribution >= 0.6 is 0 Å². The first-order valence-electron chi connectivity index (χ1n) is 5.73. The van der Waals surface area contributed by atoms with Gasteiger partial charge in [-0.05, 0) is 24.6 Å². The highest BCUT2D eigenvalue weighted by Gasteiger charge is 2.33. The Morgan fingerprint density at radius 3 is 2.76 bits per heavy atom. The summed E-state index contributed by atoms with van der Waals surface area (Å²) in [5, 5.41) is 3.36. The van der Waals surface area contributed by atoms with E-state index >= 15 is 0 Å². The number of rotatable bonds is 4. The van der Waals surface area contributed by atoms with Gasteiger partial charge in [-0.3, -0.25) is 4.79 Å². The smallest absolute Gasteiger partial charge is 0.249 e. The number of carbonyl (C=O) groups is 1. The average Bonchev–Trinajstić information content (AvgIpc) is 2.25. The van der Waals surface area contributed by atoms with Gasteiger partial charge < -0.3 is 15.8 Å². The van der Waals surface area contributed by atoms with Gasteiger partial charge in [-0.2, -0.15) is 0 Å². The highest BCUT2D eigenvalue weighted by atomic mass is 16.5. The summed E-state index contributed by atoms with van der Waals surface area (Å²) in [6, 6.07) is 5.55. The van der Waals surface area contributed by atoms with Crippen LogP contribution in [0.2, 0.25) is 0 Å². The van der Waals surface area contributed by atoms with Crippen LogP contribution in [0.1, 0.15) is 22.8 Å². The third-order valence-corrected chi connectivity index (χ3v) is 3.21. The van der Waals surface area contributed by atoms with Gasteiger partial charge in [-0.1, -0.05) is 13.0 Å². The van der Waals surface area contributed by atoms with Crippen LogP contribution in [-0.2, 0) is 4.74 Å². The topological polar surface area (TPSA) is 64.3 Å². The van der Waals surface area contributed by atoms with Crippen molar-refractivity contribution >= 4 is 11.6 Å². The second kappa shape index (κ2) is 4.37. The summed E-state index contributed by atoms with van der Waals surface area (Å²) in [6.07, 6.45) is 0. The molecule has 1 aromatic carbocycles. The van der Waals surface area contributed by atoms with Crippen molar-refractivity contribution in [1.82, 2.24) is 0 Å². The maximum Gasteiger partial charge on any atom is 0.249 e. The van der Waals surface area contributed by atoms with Crippen LogP contribution in [0, 0.1) is 12.3 Å². The van der Waals surface area contributed by atoms with Gasteiger partial charge in [0, 0.05) is 23.2 Å². The lowest BCUT2D eigenvalue weighted by Crippen LogP contribution is -2.45. The molecule has 1 saturated heterocycles. The molecule has 1 amide bonds. The second-order valence-corrected chi connectivity index (χ2v) is 5.00. The number of carbonyl (C=O) groups excluding carboxylic acids is 1. The van der Waals surface area contributed by atoms with Crippen LogP contribution in [0.5, 0.6) is 0 Å². The minimum Gasteiger partial charge on any atom is -0.384 e. The number of nitrogens with one attached hydrogen (secondary N) is 1. The molecule has 4 nitrogen and oxygen atoms in total. The summed E-state index contributed by atoms with van der Waals surface area (Å²) >= 11 is 0. The number of nitrogens with two attached hydrogens (primary N) is 1. The molecular weight excluding hydrogens is 216 g/mol. The van der Waals surface area contributed by atoms with Crippen LogP contribution in [0.15, 0.2) is 18.2 Å². The molecule has 1 heterocycles. The number of amides is 1. The van der Waals surface area contributed by atoms with E-state index in [0.717, 1.165) is 31.0 Å². The number of benzene rings is 1. The van der Waals surface area contributed by atoms with E-state index < -0.39 is 0 Å². The summed E-state index contributed by atoms with van der Waals surface area (Å²) in [4.78, 5) is 11.2. The predicted octanol–water partition coefficient (Wildman–Crippen LogP) is 1.54. The predicted molar refractivity (Wildman–Crippen MR) is 67.1 cm³/mol. The first kappa shape index (κ1) is 11.9. The molecule has 2 rings (SSSR count). The number of ether oxygens (including phenoxy) is 1. The largest absolute Gasteiger partial charge is 0.384 e. The van der Waals surface area contributed by atoms with Gasteiger partial charge in [-0.25, -0.2) is 0 Å². The molecule has 0 spiro atoms. The van der Waals surface area contributed by atoms with Gasteiger partial charge in [0.05, 0.1) is 13.2 Å². The summed E-state index contributed by atoms with van der Waals surface area (Å²) < 4.78 is 5.20. The highest BCUT2D eigenvalue weighted by molar-refractivity contribution is 5.95. The molecule has 1 aliphatic rings. The van der Waals surface area contributed by atoms with E-state index in [-0.39, 0.29) is 11.3 Å². The van der Waals surface area contributed by atoms with Crippen molar-refractivity contribution in [2.45, 2.75) is 13.8 Å². The molecule has 0 atom stereocenters. The minimum atomic E-state index is -0.385. The SMILES string of the molecule is Cc1c(NCC2(C)COC2)cccc1C(N)=O. The zero-order valence-electron chi connectivity index (χ0n) is 10.2. The minimum absolute atomic E-state index is 0.204.